The van der Waals surface area contributed by atoms with Gasteiger partial charge in [0.2, 0.25) is 5.91 Å². The van der Waals surface area contributed by atoms with Crippen molar-refractivity contribution in [3.05, 3.63) is 68.7 Å². The molecule has 0 spiro atoms. The van der Waals surface area contributed by atoms with Gasteiger partial charge in [0.05, 0.1) is 17.6 Å². The zero-order chi connectivity index (χ0) is 26.4. The van der Waals surface area contributed by atoms with E-state index in [9.17, 15) is 19.7 Å². The minimum Gasteiger partial charge on any atom is -0.465 e. The fraction of sp³-hybridized carbons (Fsp3) is 0.500. The molecule has 1 atom stereocenters. The molecule has 1 N–H and O–H groups in total. The van der Waals surface area contributed by atoms with Crippen LogP contribution >= 0.6 is 11.6 Å². The van der Waals surface area contributed by atoms with Crippen molar-refractivity contribution in [3.63, 3.8) is 0 Å². The van der Waals surface area contributed by atoms with Crippen molar-refractivity contribution in [2.75, 3.05) is 12.0 Å². The smallest absolute Gasteiger partial charge is 0.337 e. The summed E-state index contributed by atoms with van der Waals surface area (Å²) in [5.74, 6) is -0.785. The maximum absolute atomic E-state index is 14.1. The fourth-order valence-corrected chi connectivity index (χ4v) is 5.77. The Morgan fingerprint density at radius 2 is 1.62 bits per heavy atom. The second kappa shape index (κ2) is 12.4. The number of nitrogens with zero attached hydrogens (tertiary/aromatic N) is 2. The van der Waals surface area contributed by atoms with Crippen LogP contribution in [0.15, 0.2) is 42.5 Å². The minimum atomic E-state index is -0.825. The van der Waals surface area contributed by atoms with Crippen molar-refractivity contribution < 1.29 is 19.2 Å². The van der Waals surface area contributed by atoms with Gasteiger partial charge < -0.3 is 15.0 Å². The molecule has 37 heavy (non-hydrogen) atoms. The zero-order valence-corrected chi connectivity index (χ0v) is 21.9. The molecule has 0 heterocycles. The summed E-state index contributed by atoms with van der Waals surface area (Å²) in [5, 5.41) is 16.0. The Hall–Kier alpha value is -3.13. The highest BCUT2D eigenvalue weighted by Crippen LogP contribution is 2.41. The first-order chi connectivity index (χ1) is 17.9. The van der Waals surface area contributed by atoms with E-state index in [1.54, 1.807) is 24.3 Å². The van der Waals surface area contributed by atoms with Gasteiger partial charge in [-0.15, -0.1) is 0 Å². The van der Waals surface area contributed by atoms with Crippen LogP contribution in [0.4, 0.5) is 11.4 Å². The largest absolute Gasteiger partial charge is 0.465 e. The number of hydrogen-bond acceptors (Lipinski definition) is 6. The van der Waals surface area contributed by atoms with E-state index in [0.29, 0.717) is 10.6 Å². The lowest BCUT2D eigenvalue weighted by Crippen LogP contribution is -2.49. The number of esters is 1. The minimum absolute atomic E-state index is 0.0700. The Balaban J connectivity index is 1.86. The quantitative estimate of drug-likeness (QED) is 0.243. The first kappa shape index (κ1) is 26.9. The van der Waals surface area contributed by atoms with Gasteiger partial charge in [0.15, 0.2) is 0 Å². The molecule has 4 rings (SSSR count). The number of anilines is 1. The molecular formula is C28H34ClN3O5. The Bertz CT molecular complexity index is 1110. The standard InChI is InChI=1S/C28H34ClN3O5/c1-37-28(34)20-14-17-24(32(35)36)25(18-20)31(23-10-6-3-7-11-23)26(19-12-15-21(29)16-13-19)27(33)30-22-8-4-2-5-9-22/h12-18,22-23,26H,2-11H2,1H3,(H,30,33). The first-order valence-corrected chi connectivity index (χ1v) is 13.5. The molecule has 2 aromatic carbocycles. The van der Waals surface area contributed by atoms with E-state index in [0.717, 1.165) is 64.2 Å². The van der Waals surface area contributed by atoms with Gasteiger partial charge in [-0.05, 0) is 55.5 Å². The molecule has 0 aliphatic heterocycles. The molecule has 198 valence electrons. The zero-order valence-electron chi connectivity index (χ0n) is 21.2. The number of nitro benzene ring substituents is 1. The number of nitro groups is 1. The van der Waals surface area contributed by atoms with Crippen LogP contribution < -0.4 is 10.2 Å². The number of rotatable bonds is 8. The van der Waals surface area contributed by atoms with E-state index >= 15 is 0 Å². The molecule has 1 unspecified atom stereocenters. The molecule has 2 aromatic rings. The predicted octanol–water partition coefficient (Wildman–Crippen LogP) is 6.36. The highest BCUT2D eigenvalue weighted by atomic mass is 35.5. The van der Waals surface area contributed by atoms with Gasteiger partial charge in [-0.2, -0.15) is 0 Å². The summed E-state index contributed by atoms with van der Waals surface area (Å²) in [6, 6.07) is 10.4. The molecular weight excluding hydrogens is 494 g/mol. The Morgan fingerprint density at radius 3 is 2.22 bits per heavy atom. The van der Waals surface area contributed by atoms with Gasteiger partial charge in [-0.3, -0.25) is 14.9 Å². The molecule has 0 saturated heterocycles. The molecule has 8 nitrogen and oxygen atoms in total. The van der Waals surface area contributed by atoms with Gasteiger partial charge in [-0.25, -0.2) is 4.79 Å². The van der Waals surface area contributed by atoms with Crippen LogP contribution in [0, 0.1) is 10.1 Å². The normalized spacial score (nSPS) is 17.6. The van der Waals surface area contributed by atoms with E-state index in [-0.39, 0.29) is 34.9 Å². The van der Waals surface area contributed by atoms with E-state index in [1.165, 1.54) is 25.3 Å². The van der Waals surface area contributed by atoms with E-state index < -0.39 is 16.9 Å². The maximum atomic E-state index is 14.1. The van der Waals surface area contributed by atoms with Crippen LogP contribution in [0.5, 0.6) is 0 Å². The van der Waals surface area contributed by atoms with Crippen LogP contribution in [0.2, 0.25) is 5.02 Å². The lowest BCUT2D eigenvalue weighted by Gasteiger charge is -2.41. The molecule has 0 radical (unpaired) electrons. The lowest BCUT2D eigenvalue weighted by atomic mass is 9.90. The Morgan fingerprint density at radius 1 is 1.00 bits per heavy atom. The molecule has 9 heteroatoms. The summed E-state index contributed by atoms with van der Waals surface area (Å²) in [6.45, 7) is 0. The lowest BCUT2D eigenvalue weighted by molar-refractivity contribution is -0.384. The van der Waals surface area contributed by atoms with Gasteiger partial charge in [0.1, 0.15) is 11.7 Å². The summed E-state index contributed by atoms with van der Waals surface area (Å²) in [5.41, 5.74) is 0.994. The van der Waals surface area contributed by atoms with Crippen LogP contribution in [0.3, 0.4) is 0 Å². The van der Waals surface area contributed by atoms with Crippen LogP contribution in [0.1, 0.15) is 86.2 Å². The summed E-state index contributed by atoms with van der Waals surface area (Å²) >= 11 is 6.18. The van der Waals surface area contributed by atoms with Crippen molar-refractivity contribution >= 4 is 34.9 Å². The van der Waals surface area contributed by atoms with Crippen LogP contribution in [-0.4, -0.2) is 36.0 Å². The van der Waals surface area contributed by atoms with Crippen molar-refractivity contribution in [2.24, 2.45) is 0 Å². The van der Waals surface area contributed by atoms with E-state index in [4.69, 9.17) is 16.3 Å². The number of nitrogens with one attached hydrogen (secondary N) is 1. The molecule has 1 amide bonds. The number of ether oxygens (including phenoxy) is 1. The molecule has 2 aliphatic rings. The predicted molar refractivity (Wildman–Crippen MR) is 143 cm³/mol. The number of carbonyl (C=O) groups is 2. The molecule has 2 saturated carbocycles. The van der Waals surface area contributed by atoms with Gasteiger partial charge in [0, 0.05) is 23.2 Å². The second-order valence-corrected chi connectivity index (χ2v) is 10.4. The first-order valence-electron chi connectivity index (χ1n) is 13.1. The molecule has 2 aliphatic carbocycles. The number of amides is 1. The van der Waals surface area contributed by atoms with Crippen molar-refractivity contribution in [3.8, 4) is 0 Å². The molecule has 0 bridgehead atoms. The maximum Gasteiger partial charge on any atom is 0.337 e. The third-order valence-corrected chi connectivity index (χ3v) is 7.76. The fourth-order valence-electron chi connectivity index (χ4n) is 5.65. The highest BCUT2D eigenvalue weighted by Gasteiger charge is 2.38. The van der Waals surface area contributed by atoms with E-state index in [1.807, 2.05) is 4.90 Å². The summed E-state index contributed by atoms with van der Waals surface area (Å²) < 4.78 is 4.90. The van der Waals surface area contributed by atoms with Crippen LogP contribution in [0.25, 0.3) is 0 Å². The molecule has 2 fully saturated rings. The van der Waals surface area contributed by atoms with Crippen molar-refractivity contribution in [1.29, 1.82) is 0 Å². The van der Waals surface area contributed by atoms with E-state index in [2.05, 4.69) is 5.32 Å². The average molecular weight is 528 g/mol. The topological polar surface area (TPSA) is 102 Å². The van der Waals surface area contributed by atoms with Crippen molar-refractivity contribution in [1.82, 2.24) is 5.32 Å². The number of benzene rings is 2. The Kier molecular flexibility index (Phi) is 9.03. The number of halogens is 1. The number of methoxy groups -OCH3 is 1. The second-order valence-electron chi connectivity index (χ2n) is 9.95. The average Bonchev–Trinajstić information content (AvgIpc) is 2.92. The van der Waals surface area contributed by atoms with Gasteiger partial charge in [-0.1, -0.05) is 62.3 Å². The third-order valence-electron chi connectivity index (χ3n) is 7.50. The highest BCUT2D eigenvalue weighted by molar-refractivity contribution is 6.30. The van der Waals surface area contributed by atoms with Crippen LogP contribution in [-0.2, 0) is 9.53 Å². The number of hydrogen-bond donors (Lipinski definition) is 1. The Labute approximate surface area is 222 Å². The monoisotopic (exact) mass is 527 g/mol. The number of carbonyl (C=O) groups excluding carboxylic acids is 2. The SMILES string of the molecule is COC(=O)c1ccc([N+](=O)[O-])c(N(C2CCCCC2)C(C(=O)NC2CCCCC2)c2ccc(Cl)cc2)c1. The third kappa shape index (κ3) is 6.42. The summed E-state index contributed by atoms with van der Waals surface area (Å²) in [6.07, 6.45) is 9.71. The summed E-state index contributed by atoms with van der Waals surface area (Å²) in [7, 11) is 1.27. The summed E-state index contributed by atoms with van der Waals surface area (Å²) in [4.78, 5) is 40.1. The van der Waals surface area contributed by atoms with Gasteiger partial charge in [0.25, 0.3) is 5.69 Å². The van der Waals surface area contributed by atoms with Crippen molar-refractivity contribution in [2.45, 2.75) is 82.3 Å². The van der Waals surface area contributed by atoms with Gasteiger partial charge >= 0.3 is 5.97 Å². The molecule has 0 aromatic heterocycles.